The Morgan fingerprint density at radius 3 is 2.14 bits per heavy atom. The molecule has 0 radical (unpaired) electrons. The minimum atomic E-state index is 0.174. The second-order valence-electron chi connectivity index (χ2n) is 10.6. The van der Waals surface area contributed by atoms with E-state index in [4.69, 9.17) is 0 Å². The van der Waals surface area contributed by atoms with Gasteiger partial charge in [0.15, 0.2) is 0 Å². The minimum Gasteiger partial charge on any atom is -0.506 e. The summed E-state index contributed by atoms with van der Waals surface area (Å²) in [6.07, 6.45) is 5.29. The Bertz CT molecular complexity index is 984. The van der Waals surface area contributed by atoms with E-state index in [0.29, 0.717) is 35.5 Å². The SMILES string of the molecule is CCN(c1ccc(Nc2cc(NC3CCC(N(CC)C(C)C)CC3)c(O)cc2NCC=O)cc1)C(C)C. The maximum atomic E-state index is 11.0. The van der Waals surface area contributed by atoms with Crippen LogP contribution in [0, 0.1) is 0 Å². The third kappa shape index (κ3) is 7.54. The molecule has 0 spiro atoms. The molecule has 0 aromatic heterocycles. The van der Waals surface area contributed by atoms with Crippen molar-refractivity contribution in [1.29, 1.82) is 0 Å². The number of rotatable bonds is 13. The molecule has 7 nitrogen and oxygen atoms in total. The first kappa shape index (κ1) is 28.6. The summed E-state index contributed by atoms with van der Waals surface area (Å²) in [6.45, 7) is 15.6. The van der Waals surface area contributed by atoms with Crippen LogP contribution in [0.2, 0.25) is 0 Å². The number of benzene rings is 2. The molecular weight excluding hydrogens is 462 g/mol. The van der Waals surface area contributed by atoms with Crippen LogP contribution in [0.15, 0.2) is 36.4 Å². The van der Waals surface area contributed by atoms with Crippen LogP contribution in [0.1, 0.15) is 67.2 Å². The fourth-order valence-corrected chi connectivity index (χ4v) is 5.66. The minimum absolute atomic E-state index is 0.174. The molecule has 204 valence electrons. The smallest absolute Gasteiger partial charge is 0.140 e. The zero-order chi connectivity index (χ0) is 26.9. The lowest BCUT2D eigenvalue weighted by atomic mass is 9.89. The first-order chi connectivity index (χ1) is 17.8. The van der Waals surface area contributed by atoms with E-state index in [0.717, 1.165) is 56.4 Å². The Hall–Kier alpha value is -2.93. The van der Waals surface area contributed by atoms with Gasteiger partial charge < -0.3 is 30.8 Å². The number of phenols is 1. The molecule has 0 heterocycles. The highest BCUT2D eigenvalue weighted by Crippen LogP contribution is 2.38. The van der Waals surface area contributed by atoms with Crippen LogP contribution < -0.4 is 20.9 Å². The van der Waals surface area contributed by atoms with Gasteiger partial charge in [-0.3, -0.25) is 4.90 Å². The molecule has 7 heteroatoms. The average molecular weight is 510 g/mol. The van der Waals surface area contributed by atoms with E-state index in [1.807, 2.05) is 6.07 Å². The van der Waals surface area contributed by atoms with Crippen LogP contribution in [-0.4, -0.2) is 60.1 Å². The fourth-order valence-electron chi connectivity index (χ4n) is 5.66. The summed E-state index contributed by atoms with van der Waals surface area (Å²) in [5.41, 5.74) is 4.35. The number of nitrogens with one attached hydrogen (secondary N) is 3. The lowest BCUT2D eigenvalue weighted by Crippen LogP contribution is -2.44. The predicted octanol–water partition coefficient (Wildman–Crippen LogP) is 6.43. The summed E-state index contributed by atoms with van der Waals surface area (Å²) in [5.74, 6) is 0.185. The highest BCUT2D eigenvalue weighted by Gasteiger charge is 2.27. The number of phenolic OH excluding ortho intramolecular Hbond substituents is 1. The van der Waals surface area contributed by atoms with Crippen molar-refractivity contribution in [2.24, 2.45) is 0 Å². The Balaban J connectivity index is 1.75. The van der Waals surface area contributed by atoms with Gasteiger partial charge in [0.2, 0.25) is 0 Å². The van der Waals surface area contributed by atoms with Gasteiger partial charge in [-0.05, 0) is 97.2 Å². The number of aldehydes is 1. The Kier molecular flexibility index (Phi) is 10.5. The first-order valence-electron chi connectivity index (χ1n) is 14.0. The van der Waals surface area contributed by atoms with Crippen molar-refractivity contribution in [1.82, 2.24) is 4.90 Å². The summed E-state index contributed by atoms with van der Waals surface area (Å²) < 4.78 is 0. The van der Waals surface area contributed by atoms with E-state index in [2.05, 4.69) is 91.6 Å². The van der Waals surface area contributed by atoms with Crippen LogP contribution in [0.25, 0.3) is 0 Å². The van der Waals surface area contributed by atoms with E-state index >= 15 is 0 Å². The lowest BCUT2D eigenvalue weighted by Gasteiger charge is -2.39. The summed E-state index contributed by atoms with van der Waals surface area (Å²) >= 11 is 0. The summed E-state index contributed by atoms with van der Waals surface area (Å²) in [5, 5.41) is 21.0. The third-order valence-corrected chi connectivity index (χ3v) is 7.51. The van der Waals surface area contributed by atoms with Gasteiger partial charge in [0, 0.05) is 48.2 Å². The maximum Gasteiger partial charge on any atom is 0.140 e. The summed E-state index contributed by atoms with van der Waals surface area (Å²) in [4.78, 5) is 16.0. The molecule has 2 aromatic carbocycles. The van der Waals surface area contributed by atoms with Crippen LogP contribution in [0.5, 0.6) is 5.75 Å². The third-order valence-electron chi connectivity index (χ3n) is 7.51. The molecule has 1 saturated carbocycles. The molecule has 0 bridgehead atoms. The van der Waals surface area contributed by atoms with Crippen LogP contribution in [0.4, 0.5) is 28.4 Å². The second kappa shape index (κ2) is 13.6. The molecule has 37 heavy (non-hydrogen) atoms. The van der Waals surface area contributed by atoms with Crippen molar-refractivity contribution in [3.63, 3.8) is 0 Å². The van der Waals surface area contributed by atoms with Gasteiger partial charge >= 0.3 is 0 Å². The Morgan fingerprint density at radius 2 is 1.59 bits per heavy atom. The molecule has 1 aliphatic carbocycles. The molecule has 4 N–H and O–H groups in total. The molecule has 0 saturated heterocycles. The average Bonchev–Trinajstić information content (AvgIpc) is 2.87. The standard InChI is InChI=1S/C30H47N5O2/c1-7-34(21(3)4)25-13-9-23(10-14-25)32-28-19-29(30(37)20-27(28)31-17-18-36)33-24-11-15-26(16-12-24)35(8-2)22(5)6/h9-10,13-14,18-22,24,26,31-33,37H,7-8,11-12,15-17H2,1-6H3. The maximum absolute atomic E-state index is 11.0. The van der Waals surface area contributed by atoms with Crippen molar-refractivity contribution in [3.8, 4) is 5.75 Å². The van der Waals surface area contributed by atoms with E-state index in [1.165, 1.54) is 5.69 Å². The number of hydrogen-bond acceptors (Lipinski definition) is 7. The number of nitrogens with zero attached hydrogens (tertiary/aromatic N) is 2. The van der Waals surface area contributed by atoms with Gasteiger partial charge in [-0.25, -0.2) is 0 Å². The summed E-state index contributed by atoms with van der Waals surface area (Å²) in [7, 11) is 0. The molecular formula is C30H47N5O2. The van der Waals surface area contributed by atoms with Crippen LogP contribution in [0.3, 0.4) is 0 Å². The van der Waals surface area contributed by atoms with Gasteiger partial charge in [0.05, 0.1) is 23.6 Å². The number of aromatic hydroxyl groups is 1. The Morgan fingerprint density at radius 1 is 0.919 bits per heavy atom. The molecule has 3 rings (SSSR count). The fraction of sp³-hybridized carbons (Fsp3) is 0.567. The molecule has 0 atom stereocenters. The molecule has 0 unspecified atom stereocenters. The van der Waals surface area contributed by atoms with Crippen molar-refractivity contribution >= 4 is 34.7 Å². The highest BCUT2D eigenvalue weighted by molar-refractivity contribution is 5.83. The number of carbonyl (C=O) groups is 1. The number of anilines is 5. The van der Waals surface area contributed by atoms with Crippen molar-refractivity contribution < 1.29 is 9.90 Å². The van der Waals surface area contributed by atoms with E-state index in [-0.39, 0.29) is 12.3 Å². The second-order valence-corrected chi connectivity index (χ2v) is 10.6. The normalized spacial score (nSPS) is 17.8. The molecule has 1 fully saturated rings. The van der Waals surface area contributed by atoms with Crippen LogP contribution >= 0.6 is 0 Å². The number of carbonyl (C=O) groups excluding carboxylic acids is 1. The van der Waals surface area contributed by atoms with E-state index < -0.39 is 0 Å². The van der Waals surface area contributed by atoms with Gasteiger partial charge in [-0.15, -0.1) is 0 Å². The lowest BCUT2D eigenvalue weighted by molar-refractivity contribution is -0.106. The quantitative estimate of drug-likeness (QED) is 0.141. The largest absolute Gasteiger partial charge is 0.506 e. The van der Waals surface area contributed by atoms with Gasteiger partial charge in [-0.2, -0.15) is 0 Å². The van der Waals surface area contributed by atoms with Crippen molar-refractivity contribution in [2.45, 2.75) is 91.4 Å². The monoisotopic (exact) mass is 509 g/mol. The first-order valence-corrected chi connectivity index (χ1v) is 14.0. The topological polar surface area (TPSA) is 79.9 Å². The molecule has 0 aliphatic heterocycles. The number of hydrogen-bond donors (Lipinski definition) is 4. The van der Waals surface area contributed by atoms with Crippen LogP contribution in [-0.2, 0) is 4.79 Å². The zero-order valence-corrected chi connectivity index (χ0v) is 23.6. The zero-order valence-electron chi connectivity index (χ0n) is 23.6. The predicted molar refractivity (Wildman–Crippen MR) is 158 cm³/mol. The van der Waals surface area contributed by atoms with Gasteiger partial charge in [0.1, 0.15) is 12.0 Å². The van der Waals surface area contributed by atoms with Gasteiger partial charge in [-0.1, -0.05) is 6.92 Å². The Labute approximate surface area is 223 Å². The molecule has 0 amide bonds. The highest BCUT2D eigenvalue weighted by atomic mass is 16.3. The van der Waals surface area contributed by atoms with Crippen molar-refractivity contribution in [3.05, 3.63) is 36.4 Å². The van der Waals surface area contributed by atoms with E-state index in [9.17, 15) is 9.90 Å². The molecule has 1 aliphatic rings. The van der Waals surface area contributed by atoms with Gasteiger partial charge in [0.25, 0.3) is 0 Å². The molecule has 2 aromatic rings. The summed E-state index contributed by atoms with van der Waals surface area (Å²) in [6, 6.07) is 14.0. The van der Waals surface area contributed by atoms with Crippen molar-refractivity contribution in [2.75, 3.05) is 40.5 Å². The van der Waals surface area contributed by atoms with E-state index in [1.54, 1.807) is 6.07 Å².